The van der Waals surface area contributed by atoms with E-state index in [2.05, 4.69) is 22.2 Å². The molecule has 1 fully saturated rings. The molecule has 1 aliphatic rings. The second kappa shape index (κ2) is 6.69. The second-order valence-electron chi connectivity index (χ2n) is 5.17. The number of aryl methyl sites for hydroxylation is 1. The number of nitrogens with one attached hydrogen (secondary N) is 1. The average Bonchev–Trinajstić information content (AvgIpc) is 2.45. The lowest BCUT2D eigenvalue weighted by molar-refractivity contribution is 0.255. The van der Waals surface area contributed by atoms with E-state index in [0.717, 1.165) is 31.0 Å². The van der Waals surface area contributed by atoms with Gasteiger partial charge >= 0.3 is 0 Å². The van der Waals surface area contributed by atoms with E-state index in [9.17, 15) is 0 Å². The molecule has 0 spiro atoms. The highest BCUT2D eigenvalue weighted by molar-refractivity contribution is 5.34. The van der Waals surface area contributed by atoms with Crippen molar-refractivity contribution in [2.75, 3.05) is 18.4 Å². The van der Waals surface area contributed by atoms with Crippen LogP contribution in [0.3, 0.4) is 0 Å². The Hall–Kier alpha value is -1.16. The summed E-state index contributed by atoms with van der Waals surface area (Å²) >= 11 is 0. The molecule has 1 aromatic heterocycles. The number of nitrogens with zero attached hydrogens (tertiary/aromatic N) is 2. The number of rotatable bonds is 5. The number of anilines is 1. The second-order valence-corrected chi connectivity index (χ2v) is 5.17. The van der Waals surface area contributed by atoms with Crippen LogP contribution in [0.2, 0.25) is 0 Å². The van der Waals surface area contributed by atoms with Crippen LogP contribution in [0.4, 0.5) is 5.82 Å². The van der Waals surface area contributed by atoms with E-state index < -0.39 is 0 Å². The zero-order chi connectivity index (χ0) is 12.8. The van der Waals surface area contributed by atoms with Crippen LogP contribution < -0.4 is 11.1 Å². The van der Waals surface area contributed by atoms with Crippen molar-refractivity contribution in [2.45, 2.75) is 39.0 Å². The molecular formula is C14H24N4. The average molecular weight is 248 g/mol. The highest BCUT2D eigenvalue weighted by atomic mass is 15.0. The van der Waals surface area contributed by atoms with Crippen molar-refractivity contribution >= 4 is 5.82 Å². The van der Waals surface area contributed by atoms with Gasteiger partial charge in [-0.3, -0.25) is 0 Å². The van der Waals surface area contributed by atoms with Gasteiger partial charge in [0.2, 0.25) is 0 Å². The summed E-state index contributed by atoms with van der Waals surface area (Å²) in [6.45, 7) is 3.91. The number of nitrogens with two attached hydrogens (primary N) is 1. The van der Waals surface area contributed by atoms with Crippen LogP contribution in [0.1, 0.15) is 38.3 Å². The van der Waals surface area contributed by atoms with Gasteiger partial charge in [0.25, 0.3) is 0 Å². The molecule has 1 saturated carbocycles. The van der Waals surface area contributed by atoms with Crippen LogP contribution in [-0.4, -0.2) is 23.1 Å². The molecular weight excluding hydrogens is 224 g/mol. The van der Waals surface area contributed by atoms with Crippen molar-refractivity contribution in [2.24, 2.45) is 17.6 Å². The summed E-state index contributed by atoms with van der Waals surface area (Å²) in [5, 5.41) is 3.45. The van der Waals surface area contributed by atoms with Crippen molar-refractivity contribution in [3.8, 4) is 0 Å². The maximum Gasteiger partial charge on any atom is 0.129 e. The number of aromatic nitrogens is 2. The summed E-state index contributed by atoms with van der Waals surface area (Å²) in [6.07, 6.45) is 7.85. The van der Waals surface area contributed by atoms with Gasteiger partial charge in [0, 0.05) is 18.3 Å². The van der Waals surface area contributed by atoms with Gasteiger partial charge in [-0.1, -0.05) is 19.8 Å². The van der Waals surface area contributed by atoms with Crippen molar-refractivity contribution in [3.63, 3.8) is 0 Å². The predicted molar refractivity (Wildman–Crippen MR) is 74.4 cm³/mol. The van der Waals surface area contributed by atoms with E-state index in [1.165, 1.54) is 25.7 Å². The quantitative estimate of drug-likeness (QED) is 0.838. The normalized spacial score (nSPS) is 23.9. The maximum absolute atomic E-state index is 5.85. The molecule has 100 valence electrons. The molecule has 1 aromatic rings. The molecule has 0 amide bonds. The third-order valence-corrected chi connectivity index (χ3v) is 4.00. The molecule has 0 saturated heterocycles. The molecule has 0 radical (unpaired) electrons. The van der Waals surface area contributed by atoms with E-state index in [1.54, 1.807) is 6.33 Å². The van der Waals surface area contributed by atoms with Gasteiger partial charge < -0.3 is 11.1 Å². The monoisotopic (exact) mass is 248 g/mol. The molecule has 4 nitrogen and oxygen atoms in total. The van der Waals surface area contributed by atoms with Crippen LogP contribution in [0.15, 0.2) is 12.4 Å². The highest BCUT2D eigenvalue weighted by Crippen LogP contribution is 2.29. The Bertz CT molecular complexity index is 367. The summed E-state index contributed by atoms with van der Waals surface area (Å²) in [6, 6.07) is 2.04. The summed E-state index contributed by atoms with van der Waals surface area (Å²) < 4.78 is 0. The van der Waals surface area contributed by atoms with Crippen molar-refractivity contribution in [1.29, 1.82) is 0 Å². The fourth-order valence-electron chi connectivity index (χ4n) is 2.79. The van der Waals surface area contributed by atoms with Crippen molar-refractivity contribution in [1.82, 2.24) is 9.97 Å². The first-order valence-electron chi connectivity index (χ1n) is 7.08. The molecule has 0 bridgehead atoms. The molecule has 18 heavy (non-hydrogen) atoms. The topological polar surface area (TPSA) is 63.8 Å². The summed E-state index contributed by atoms with van der Waals surface area (Å²) in [4.78, 5) is 8.48. The minimum absolute atomic E-state index is 0.679. The molecule has 1 heterocycles. The molecule has 2 atom stereocenters. The third kappa shape index (κ3) is 3.42. The lowest BCUT2D eigenvalue weighted by atomic mass is 9.79. The largest absolute Gasteiger partial charge is 0.370 e. The van der Waals surface area contributed by atoms with Crippen LogP contribution in [-0.2, 0) is 6.42 Å². The first kappa shape index (κ1) is 13.3. The Balaban J connectivity index is 1.89. The standard InChI is InChI=1S/C14H24N4/c1-2-13-7-14(18-10-17-13)16-9-12-6-4-3-5-11(12)8-15/h7,10-12H,2-6,8-9,15H2,1H3,(H,16,17,18). The van der Waals surface area contributed by atoms with Gasteiger partial charge in [-0.25, -0.2) is 9.97 Å². The molecule has 1 aliphatic carbocycles. The van der Waals surface area contributed by atoms with Gasteiger partial charge in [-0.2, -0.15) is 0 Å². The van der Waals surface area contributed by atoms with Crippen molar-refractivity contribution in [3.05, 3.63) is 18.1 Å². The minimum Gasteiger partial charge on any atom is -0.370 e. The van der Waals surface area contributed by atoms with Gasteiger partial charge in [0.15, 0.2) is 0 Å². The molecule has 0 aliphatic heterocycles. The van der Waals surface area contributed by atoms with E-state index >= 15 is 0 Å². The Morgan fingerprint density at radius 3 is 2.78 bits per heavy atom. The van der Waals surface area contributed by atoms with Crippen LogP contribution >= 0.6 is 0 Å². The zero-order valence-electron chi connectivity index (χ0n) is 11.2. The van der Waals surface area contributed by atoms with Gasteiger partial charge in [0.05, 0.1) is 0 Å². The molecule has 2 unspecified atom stereocenters. The molecule has 2 rings (SSSR count). The maximum atomic E-state index is 5.85. The minimum atomic E-state index is 0.679. The molecule has 0 aromatic carbocycles. The van der Waals surface area contributed by atoms with Gasteiger partial charge in [-0.05, 0) is 37.6 Å². The number of hydrogen-bond acceptors (Lipinski definition) is 4. The lowest BCUT2D eigenvalue weighted by Crippen LogP contribution is -2.31. The Morgan fingerprint density at radius 2 is 2.06 bits per heavy atom. The van der Waals surface area contributed by atoms with Gasteiger partial charge in [0.1, 0.15) is 12.1 Å². The van der Waals surface area contributed by atoms with Crippen LogP contribution in [0, 0.1) is 11.8 Å². The smallest absolute Gasteiger partial charge is 0.129 e. The van der Waals surface area contributed by atoms with E-state index in [-0.39, 0.29) is 0 Å². The first-order chi connectivity index (χ1) is 8.83. The molecule has 4 heteroatoms. The number of hydrogen-bond donors (Lipinski definition) is 2. The van der Waals surface area contributed by atoms with Crippen LogP contribution in [0.25, 0.3) is 0 Å². The van der Waals surface area contributed by atoms with E-state index in [1.807, 2.05) is 6.07 Å². The fourth-order valence-corrected chi connectivity index (χ4v) is 2.79. The lowest BCUT2D eigenvalue weighted by Gasteiger charge is -2.30. The SMILES string of the molecule is CCc1cc(NCC2CCCCC2CN)ncn1. The predicted octanol–water partition coefficient (Wildman–Crippen LogP) is 2.22. The summed E-state index contributed by atoms with van der Waals surface area (Å²) in [5.74, 6) is 2.32. The van der Waals surface area contributed by atoms with Gasteiger partial charge in [-0.15, -0.1) is 0 Å². The van der Waals surface area contributed by atoms with E-state index in [4.69, 9.17) is 5.73 Å². The van der Waals surface area contributed by atoms with E-state index in [0.29, 0.717) is 11.8 Å². The Morgan fingerprint density at radius 1 is 1.28 bits per heavy atom. The summed E-state index contributed by atoms with van der Waals surface area (Å²) in [7, 11) is 0. The summed E-state index contributed by atoms with van der Waals surface area (Å²) in [5.41, 5.74) is 6.94. The fraction of sp³-hybridized carbons (Fsp3) is 0.714. The molecule has 3 N–H and O–H groups in total. The first-order valence-corrected chi connectivity index (χ1v) is 7.08. The Kier molecular flexibility index (Phi) is 4.93. The third-order valence-electron chi connectivity index (χ3n) is 4.00. The Labute approximate surface area is 109 Å². The zero-order valence-corrected chi connectivity index (χ0v) is 11.2. The van der Waals surface area contributed by atoms with Crippen LogP contribution in [0.5, 0.6) is 0 Å². The van der Waals surface area contributed by atoms with Crippen molar-refractivity contribution < 1.29 is 0 Å². The highest BCUT2D eigenvalue weighted by Gasteiger charge is 2.23.